The number of hydrogen-bond donors (Lipinski definition) is 2. The van der Waals surface area contributed by atoms with Gasteiger partial charge in [0.1, 0.15) is 12.4 Å². The van der Waals surface area contributed by atoms with Crippen molar-refractivity contribution in [1.29, 1.82) is 0 Å². The molecule has 0 spiro atoms. The number of aromatic nitrogens is 1. The van der Waals surface area contributed by atoms with Crippen molar-refractivity contribution in [2.24, 2.45) is 16.5 Å². The Hall–Kier alpha value is -3.27. The van der Waals surface area contributed by atoms with Crippen LogP contribution in [0.5, 0.6) is 0 Å². The number of rotatable bonds is 5. The zero-order chi connectivity index (χ0) is 23.7. The topological polar surface area (TPSA) is 116 Å². The number of carbonyl (C=O) groups is 1. The van der Waals surface area contributed by atoms with E-state index in [1.54, 1.807) is 6.92 Å². The highest BCUT2D eigenvalue weighted by molar-refractivity contribution is 5.87. The second kappa shape index (κ2) is 8.00. The molecule has 0 saturated carbocycles. The number of hydrogen-bond acceptors (Lipinski definition) is 5. The lowest BCUT2D eigenvalue weighted by Gasteiger charge is -2.47. The smallest absolute Gasteiger partial charge is 0.437 e. The fourth-order valence-corrected chi connectivity index (χ4v) is 2.98. The molecule has 4 N–H and O–H groups in total. The summed E-state index contributed by atoms with van der Waals surface area (Å²) in [5.41, 5.74) is 9.45. The molecule has 1 aromatic heterocycles. The minimum absolute atomic E-state index is 0.00287. The lowest BCUT2D eigenvalue weighted by atomic mass is 9.96. The lowest BCUT2D eigenvalue weighted by molar-refractivity contribution is -0.0174. The number of guanidine groups is 1. The van der Waals surface area contributed by atoms with E-state index in [1.165, 1.54) is 29.3 Å². The van der Waals surface area contributed by atoms with Gasteiger partial charge < -0.3 is 25.8 Å². The summed E-state index contributed by atoms with van der Waals surface area (Å²) in [5, 5.41) is 0. The van der Waals surface area contributed by atoms with E-state index in [2.05, 4.69) is 9.98 Å². The number of anilines is 1. The van der Waals surface area contributed by atoms with Crippen molar-refractivity contribution in [2.75, 3.05) is 25.0 Å². The number of pyridine rings is 1. The minimum atomic E-state index is -2.56. The molecule has 1 aromatic carbocycles. The molecule has 0 bridgehead atoms. The molecule has 0 atom stereocenters. The number of methoxy groups -OCH3 is 1. The molecule has 0 unspecified atom stereocenters. The van der Waals surface area contributed by atoms with Gasteiger partial charge in [-0.25, -0.2) is 18.6 Å². The van der Waals surface area contributed by atoms with Crippen molar-refractivity contribution < 1.29 is 27.2 Å². The molecule has 10 heteroatoms. The maximum Gasteiger partial charge on any atom is 0.437 e. The molecule has 8 nitrogen and oxygen atoms in total. The Balaban J connectivity index is 1.74. The molecule has 0 radical (unpaired) electrons. The summed E-state index contributed by atoms with van der Waals surface area (Å²) in [5.74, 6) is -1.91. The molecule has 2 heterocycles. The van der Waals surface area contributed by atoms with E-state index in [9.17, 15) is 13.6 Å². The van der Waals surface area contributed by atoms with Gasteiger partial charge in [0, 0.05) is 29.9 Å². The summed E-state index contributed by atoms with van der Waals surface area (Å²) in [6, 6.07) is 5.46. The highest BCUT2D eigenvalue weighted by Gasteiger charge is 2.40. The number of ether oxygens (including phenoxy) is 2. The molecule has 3 rings (SSSR count). The molecule has 2 aromatic rings. The van der Waals surface area contributed by atoms with Crippen LogP contribution in [-0.2, 0) is 16.1 Å². The molecule has 0 aliphatic carbocycles. The fourth-order valence-electron chi connectivity index (χ4n) is 2.98. The summed E-state index contributed by atoms with van der Waals surface area (Å²) < 4.78 is 61.0. The average molecular weight is 408 g/mol. The molecule has 1 aliphatic heterocycles. The number of benzene rings is 1. The van der Waals surface area contributed by atoms with Crippen LogP contribution in [-0.4, -0.2) is 42.8 Å². The van der Waals surface area contributed by atoms with E-state index < -0.39 is 42.9 Å². The van der Waals surface area contributed by atoms with Gasteiger partial charge in [0.2, 0.25) is 0 Å². The predicted octanol–water partition coefficient (Wildman–Crippen LogP) is 2.16. The van der Waals surface area contributed by atoms with Crippen LogP contribution in [0.4, 0.5) is 19.4 Å². The molecule has 1 aliphatic rings. The second-order valence-electron chi connectivity index (χ2n) is 6.81. The Bertz CT molecular complexity index is 1050. The monoisotopic (exact) mass is 408 g/mol. The molecule has 154 valence electrons. The van der Waals surface area contributed by atoms with Crippen molar-refractivity contribution in [3.05, 3.63) is 47.7 Å². The number of amides is 1. The number of halogens is 2. The highest BCUT2D eigenvalue weighted by atomic mass is 19.1. The van der Waals surface area contributed by atoms with Crippen LogP contribution >= 0.6 is 0 Å². The summed E-state index contributed by atoms with van der Waals surface area (Å²) in [4.78, 5) is 20.2. The Morgan fingerprint density at radius 1 is 1.41 bits per heavy atom. The Labute approximate surface area is 170 Å². The van der Waals surface area contributed by atoms with Gasteiger partial charge in [-0.15, -0.1) is 4.99 Å². The van der Waals surface area contributed by atoms with E-state index in [0.29, 0.717) is 0 Å². The van der Waals surface area contributed by atoms with Crippen molar-refractivity contribution >= 4 is 17.9 Å². The molecule has 1 fully saturated rings. The zero-order valence-corrected chi connectivity index (χ0v) is 15.5. The van der Waals surface area contributed by atoms with Crippen molar-refractivity contribution in [1.82, 2.24) is 4.98 Å². The summed E-state index contributed by atoms with van der Waals surface area (Å²) in [6.07, 6.45) is 0.225. The lowest BCUT2D eigenvalue weighted by Crippen LogP contribution is -2.61. The number of nitrogens with zero attached hydrogens (tertiary/aromatic N) is 3. The van der Waals surface area contributed by atoms with Crippen LogP contribution in [0, 0.1) is 11.6 Å². The quantitative estimate of drug-likeness (QED) is 0.575. The Morgan fingerprint density at radius 3 is 2.83 bits per heavy atom. The molecule has 1 saturated heterocycles. The Kier molecular flexibility index (Phi) is 4.60. The summed E-state index contributed by atoms with van der Waals surface area (Å²) in [6.45, 7) is 1.46. The average Bonchev–Trinajstić information content (AvgIpc) is 2.63. The highest BCUT2D eigenvalue weighted by Crippen LogP contribution is 2.32. The van der Waals surface area contributed by atoms with E-state index in [-0.39, 0.29) is 35.6 Å². The largest absolute Gasteiger partial charge is 0.443 e. The van der Waals surface area contributed by atoms with E-state index >= 15 is 0 Å². The number of nitrogens with two attached hydrogens (primary N) is 2. The first-order valence-corrected chi connectivity index (χ1v) is 8.52. The van der Waals surface area contributed by atoms with Crippen molar-refractivity contribution in [3.63, 3.8) is 0 Å². The number of aliphatic imine (C=N–C) groups is 1. The third-order valence-electron chi connectivity index (χ3n) is 4.38. The maximum atomic E-state index is 14.9. The van der Waals surface area contributed by atoms with Gasteiger partial charge in [0.25, 0.3) is 0 Å². The van der Waals surface area contributed by atoms with Crippen LogP contribution in [0.3, 0.4) is 0 Å². The van der Waals surface area contributed by atoms with Gasteiger partial charge >= 0.3 is 6.09 Å². The van der Waals surface area contributed by atoms with Crippen LogP contribution in [0.25, 0.3) is 11.1 Å². The first kappa shape index (κ1) is 16.7. The van der Waals surface area contributed by atoms with Gasteiger partial charge in [0.15, 0.2) is 17.6 Å². The van der Waals surface area contributed by atoms with E-state index in [0.717, 1.165) is 6.07 Å². The Morgan fingerprint density at radius 2 is 2.17 bits per heavy atom. The van der Waals surface area contributed by atoms with Gasteiger partial charge in [-0.2, -0.15) is 0 Å². The van der Waals surface area contributed by atoms with Crippen LogP contribution in [0.1, 0.15) is 16.6 Å². The third-order valence-corrected chi connectivity index (χ3v) is 4.38. The first-order chi connectivity index (χ1) is 14.9. The molecule has 29 heavy (non-hydrogen) atoms. The van der Waals surface area contributed by atoms with Crippen LogP contribution in [0.15, 0.2) is 35.5 Å². The predicted molar refractivity (Wildman–Crippen MR) is 103 cm³/mol. The zero-order valence-electron chi connectivity index (χ0n) is 18.5. The molecular formula is C19H21F2N5O3. The van der Waals surface area contributed by atoms with Crippen LogP contribution < -0.4 is 16.4 Å². The normalized spacial score (nSPS) is 16.8. The van der Waals surface area contributed by atoms with Gasteiger partial charge in [-0.1, -0.05) is 18.2 Å². The van der Waals surface area contributed by atoms with Crippen LogP contribution in [0.2, 0.25) is 0 Å². The fraction of sp³-hybridized carbons (Fsp3) is 0.316. The number of carbonyl (C=O) groups excluding carboxylic acids is 1. The minimum Gasteiger partial charge on any atom is -0.443 e. The third kappa shape index (κ3) is 4.43. The van der Waals surface area contributed by atoms with Crippen molar-refractivity contribution in [2.45, 2.75) is 19.1 Å². The first-order valence-electron chi connectivity index (χ1n) is 10.0. The van der Waals surface area contributed by atoms with Gasteiger partial charge in [-0.3, -0.25) is 0 Å². The standard InChI is InChI=1S/C19H21F2N5O3/c1-19(28-2)9-26(10-19)16-14(20)6-12(7-24-16)13-5-3-4-11(15(13)21)8-29-18(27)25-17(22)23/h3-7H,8-10H2,1-2H3,(H4,22,23,25,27)/i2D3. The van der Waals surface area contributed by atoms with E-state index in [4.69, 9.17) is 25.1 Å². The van der Waals surface area contributed by atoms with Gasteiger partial charge in [0.05, 0.1) is 22.8 Å². The molecule has 1 amide bonds. The summed E-state index contributed by atoms with van der Waals surface area (Å²) in [7, 11) is -2.56. The molecular weight excluding hydrogens is 384 g/mol. The second-order valence-corrected chi connectivity index (χ2v) is 6.81. The SMILES string of the molecule is [2H]C([2H])([2H])OC1(C)CN(c2ncc(-c3cccc(COC(=O)N=C(N)N)c3F)cc2F)C1. The van der Waals surface area contributed by atoms with E-state index in [1.807, 2.05) is 0 Å². The maximum absolute atomic E-state index is 14.9. The summed E-state index contributed by atoms with van der Waals surface area (Å²) >= 11 is 0. The van der Waals surface area contributed by atoms with Crippen molar-refractivity contribution in [3.8, 4) is 11.1 Å². The van der Waals surface area contributed by atoms with Gasteiger partial charge in [-0.05, 0) is 13.0 Å².